The van der Waals surface area contributed by atoms with Gasteiger partial charge in [0.2, 0.25) is 0 Å². The van der Waals surface area contributed by atoms with E-state index in [1.165, 1.54) is 0 Å². The predicted molar refractivity (Wildman–Crippen MR) is 61.6 cm³/mol. The van der Waals surface area contributed by atoms with Crippen LogP contribution in [0.15, 0.2) is 18.2 Å². The molecule has 0 saturated carbocycles. The second kappa shape index (κ2) is 4.44. The van der Waals surface area contributed by atoms with Crippen molar-refractivity contribution in [1.29, 1.82) is 0 Å². The van der Waals surface area contributed by atoms with Gasteiger partial charge < -0.3 is 14.2 Å². The summed E-state index contributed by atoms with van der Waals surface area (Å²) in [4.78, 5) is 0. The molecule has 0 aliphatic carbocycles. The van der Waals surface area contributed by atoms with Crippen LogP contribution >= 0.6 is 0 Å². The van der Waals surface area contributed by atoms with Gasteiger partial charge in [-0.3, -0.25) is 0 Å². The molecule has 3 heteroatoms. The molecule has 2 rings (SSSR count). The Kier molecular flexibility index (Phi) is 3.17. The molecule has 0 aromatic heterocycles. The Labute approximate surface area is 96.3 Å². The lowest BCUT2D eigenvalue weighted by molar-refractivity contribution is -0.150. The first-order valence-corrected chi connectivity index (χ1v) is 5.65. The van der Waals surface area contributed by atoms with Crippen LogP contribution in [0.3, 0.4) is 0 Å². The monoisotopic (exact) mass is 222 g/mol. The molecular formula is C13H18O3. The molecule has 0 amide bonds. The van der Waals surface area contributed by atoms with Crippen molar-refractivity contribution in [2.75, 3.05) is 20.3 Å². The Morgan fingerprint density at radius 3 is 2.56 bits per heavy atom. The summed E-state index contributed by atoms with van der Waals surface area (Å²) in [6, 6.07) is 6.00. The summed E-state index contributed by atoms with van der Waals surface area (Å²) in [5, 5.41) is 0. The molecule has 1 fully saturated rings. The molecule has 1 aromatic carbocycles. The Hall–Kier alpha value is -1.06. The lowest BCUT2D eigenvalue weighted by Crippen LogP contribution is -2.24. The van der Waals surface area contributed by atoms with Gasteiger partial charge in [0.05, 0.1) is 20.3 Å². The number of hydrogen-bond acceptors (Lipinski definition) is 3. The molecule has 1 saturated heterocycles. The summed E-state index contributed by atoms with van der Waals surface area (Å²) < 4.78 is 16.8. The first kappa shape index (κ1) is 11.4. The molecular weight excluding hydrogens is 204 g/mol. The number of rotatable bonds is 3. The van der Waals surface area contributed by atoms with Crippen molar-refractivity contribution in [2.45, 2.75) is 26.1 Å². The van der Waals surface area contributed by atoms with Crippen molar-refractivity contribution in [1.82, 2.24) is 0 Å². The van der Waals surface area contributed by atoms with Gasteiger partial charge in [-0.15, -0.1) is 0 Å². The maximum atomic E-state index is 5.69. The van der Waals surface area contributed by atoms with E-state index in [1.54, 1.807) is 7.11 Å². The van der Waals surface area contributed by atoms with Crippen molar-refractivity contribution in [3.63, 3.8) is 0 Å². The Balaban J connectivity index is 2.47. The van der Waals surface area contributed by atoms with Crippen LogP contribution < -0.4 is 4.74 Å². The maximum absolute atomic E-state index is 5.69. The van der Waals surface area contributed by atoms with Gasteiger partial charge in [-0.1, -0.05) is 19.1 Å². The molecule has 0 bridgehead atoms. The van der Waals surface area contributed by atoms with Crippen molar-refractivity contribution < 1.29 is 14.2 Å². The standard InChI is InChI=1S/C13H18O3/c1-4-10-11(6-5-7-12(10)14-3)13(2)15-8-9-16-13/h5-7H,4,8-9H2,1-3H3. The quantitative estimate of drug-likeness (QED) is 0.786. The highest BCUT2D eigenvalue weighted by atomic mass is 16.7. The van der Waals surface area contributed by atoms with Crippen LogP contribution in [0.1, 0.15) is 25.0 Å². The minimum absolute atomic E-state index is 0.611. The average Bonchev–Trinajstić information content (AvgIpc) is 2.76. The lowest BCUT2D eigenvalue weighted by Gasteiger charge is -2.26. The highest BCUT2D eigenvalue weighted by Crippen LogP contribution is 2.36. The Bertz CT molecular complexity index is 367. The third kappa shape index (κ3) is 1.81. The van der Waals surface area contributed by atoms with Gasteiger partial charge in [0.25, 0.3) is 0 Å². The maximum Gasteiger partial charge on any atom is 0.192 e. The number of hydrogen-bond donors (Lipinski definition) is 0. The molecule has 0 atom stereocenters. The van der Waals surface area contributed by atoms with Crippen molar-refractivity contribution in [3.05, 3.63) is 29.3 Å². The highest BCUT2D eigenvalue weighted by molar-refractivity contribution is 5.42. The average molecular weight is 222 g/mol. The van der Waals surface area contributed by atoms with E-state index in [-0.39, 0.29) is 0 Å². The second-order valence-electron chi connectivity index (χ2n) is 3.98. The van der Waals surface area contributed by atoms with E-state index in [9.17, 15) is 0 Å². The minimum atomic E-state index is -0.611. The summed E-state index contributed by atoms with van der Waals surface area (Å²) in [6.45, 7) is 5.38. The highest BCUT2D eigenvalue weighted by Gasteiger charge is 2.35. The van der Waals surface area contributed by atoms with Crippen LogP contribution in [0, 0.1) is 0 Å². The molecule has 1 aliphatic heterocycles. The van der Waals surface area contributed by atoms with E-state index in [4.69, 9.17) is 14.2 Å². The van der Waals surface area contributed by atoms with E-state index in [0.29, 0.717) is 13.2 Å². The van der Waals surface area contributed by atoms with E-state index in [2.05, 4.69) is 6.92 Å². The summed E-state index contributed by atoms with van der Waals surface area (Å²) in [6.07, 6.45) is 0.904. The van der Waals surface area contributed by atoms with Crippen LogP contribution in [0.2, 0.25) is 0 Å². The zero-order chi connectivity index (χ0) is 11.6. The SMILES string of the molecule is CCc1c(OC)cccc1C1(C)OCCO1. The molecule has 1 aromatic rings. The van der Waals surface area contributed by atoms with Crippen LogP contribution in [0.25, 0.3) is 0 Å². The first-order chi connectivity index (χ1) is 7.71. The predicted octanol–water partition coefficient (Wildman–Crippen LogP) is 2.48. The Morgan fingerprint density at radius 1 is 1.31 bits per heavy atom. The molecule has 0 spiro atoms. The van der Waals surface area contributed by atoms with Crippen LogP contribution in [-0.4, -0.2) is 20.3 Å². The summed E-state index contributed by atoms with van der Waals surface area (Å²) in [5.41, 5.74) is 2.24. The molecule has 1 heterocycles. The molecule has 88 valence electrons. The molecule has 0 radical (unpaired) electrons. The van der Waals surface area contributed by atoms with Gasteiger partial charge in [0, 0.05) is 11.1 Å². The van der Waals surface area contributed by atoms with Crippen LogP contribution in [-0.2, 0) is 21.7 Å². The zero-order valence-electron chi connectivity index (χ0n) is 10.1. The fraction of sp³-hybridized carbons (Fsp3) is 0.538. The summed E-state index contributed by atoms with van der Waals surface area (Å²) >= 11 is 0. The smallest absolute Gasteiger partial charge is 0.192 e. The van der Waals surface area contributed by atoms with E-state index in [1.807, 2.05) is 25.1 Å². The fourth-order valence-corrected chi connectivity index (χ4v) is 2.22. The fourth-order valence-electron chi connectivity index (χ4n) is 2.22. The van der Waals surface area contributed by atoms with Crippen molar-refractivity contribution >= 4 is 0 Å². The molecule has 0 N–H and O–H groups in total. The van der Waals surface area contributed by atoms with Crippen molar-refractivity contribution in [3.8, 4) is 5.75 Å². The Morgan fingerprint density at radius 2 is 2.00 bits per heavy atom. The summed E-state index contributed by atoms with van der Waals surface area (Å²) in [5.74, 6) is 0.292. The molecule has 3 nitrogen and oxygen atoms in total. The zero-order valence-corrected chi connectivity index (χ0v) is 10.1. The third-order valence-electron chi connectivity index (χ3n) is 3.03. The van der Waals surface area contributed by atoms with E-state index in [0.717, 1.165) is 23.3 Å². The largest absolute Gasteiger partial charge is 0.496 e. The molecule has 1 aliphatic rings. The second-order valence-corrected chi connectivity index (χ2v) is 3.98. The van der Waals surface area contributed by atoms with Gasteiger partial charge in [0.1, 0.15) is 5.75 Å². The van der Waals surface area contributed by atoms with Crippen LogP contribution in [0.5, 0.6) is 5.75 Å². The summed E-state index contributed by atoms with van der Waals surface area (Å²) in [7, 11) is 1.69. The normalized spacial score (nSPS) is 18.7. The van der Waals surface area contributed by atoms with Gasteiger partial charge in [-0.25, -0.2) is 0 Å². The lowest BCUT2D eigenvalue weighted by atomic mass is 9.97. The molecule has 0 unspecified atom stereocenters. The minimum Gasteiger partial charge on any atom is -0.496 e. The number of ether oxygens (including phenoxy) is 3. The van der Waals surface area contributed by atoms with Gasteiger partial charge in [-0.05, 0) is 19.4 Å². The van der Waals surface area contributed by atoms with E-state index < -0.39 is 5.79 Å². The van der Waals surface area contributed by atoms with Gasteiger partial charge >= 0.3 is 0 Å². The topological polar surface area (TPSA) is 27.7 Å². The molecule has 16 heavy (non-hydrogen) atoms. The van der Waals surface area contributed by atoms with Crippen molar-refractivity contribution in [2.24, 2.45) is 0 Å². The van der Waals surface area contributed by atoms with Gasteiger partial charge in [-0.2, -0.15) is 0 Å². The third-order valence-corrected chi connectivity index (χ3v) is 3.03. The van der Waals surface area contributed by atoms with Crippen LogP contribution in [0.4, 0.5) is 0 Å². The first-order valence-electron chi connectivity index (χ1n) is 5.65. The van der Waals surface area contributed by atoms with E-state index >= 15 is 0 Å². The van der Waals surface area contributed by atoms with Gasteiger partial charge in [0.15, 0.2) is 5.79 Å². The number of benzene rings is 1. The number of methoxy groups -OCH3 is 1.